The van der Waals surface area contributed by atoms with Crippen LogP contribution in [0.15, 0.2) is 24.3 Å². The van der Waals surface area contributed by atoms with E-state index in [2.05, 4.69) is 27.2 Å². The fraction of sp³-hybridized carbons (Fsp3) is 0.400. The van der Waals surface area contributed by atoms with Crippen molar-refractivity contribution in [2.45, 2.75) is 20.3 Å². The van der Waals surface area contributed by atoms with Gasteiger partial charge in [0.2, 0.25) is 5.95 Å². The van der Waals surface area contributed by atoms with Crippen molar-refractivity contribution in [2.75, 3.05) is 25.6 Å². The first kappa shape index (κ1) is 15.0. The van der Waals surface area contributed by atoms with Crippen LogP contribution in [-0.2, 0) is 0 Å². The highest BCUT2D eigenvalue weighted by molar-refractivity contribution is 5.58. The Morgan fingerprint density at radius 1 is 1.14 bits per heavy atom. The summed E-state index contributed by atoms with van der Waals surface area (Å²) in [5, 5.41) is 3.16. The van der Waals surface area contributed by atoms with Crippen molar-refractivity contribution in [3.63, 3.8) is 0 Å². The van der Waals surface area contributed by atoms with E-state index >= 15 is 0 Å². The fourth-order valence-corrected chi connectivity index (χ4v) is 1.76. The molecule has 0 amide bonds. The van der Waals surface area contributed by atoms with Crippen molar-refractivity contribution < 1.29 is 9.47 Å². The Kier molecular flexibility index (Phi) is 5.31. The Hall–Kier alpha value is -2.37. The summed E-state index contributed by atoms with van der Waals surface area (Å²) in [6, 6.07) is 7.91. The minimum atomic E-state index is 0.323. The number of benzene rings is 1. The van der Waals surface area contributed by atoms with Gasteiger partial charge in [-0.1, -0.05) is 19.1 Å². The highest BCUT2D eigenvalue weighted by Crippen LogP contribution is 2.23. The molecule has 0 aliphatic carbocycles. The maximum Gasteiger partial charge on any atom is 0.321 e. The molecule has 21 heavy (non-hydrogen) atoms. The number of anilines is 1. The topological polar surface area (TPSA) is 69.2 Å². The van der Waals surface area contributed by atoms with E-state index < -0.39 is 0 Å². The lowest BCUT2D eigenvalue weighted by Gasteiger charge is -2.09. The van der Waals surface area contributed by atoms with E-state index in [9.17, 15) is 0 Å². The first-order valence-corrected chi connectivity index (χ1v) is 7.04. The number of hydrogen-bond donors (Lipinski definition) is 1. The van der Waals surface area contributed by atoms with Crippen molar-refractivity contribution >= 4 is 5.95 Å². The van der Waals surface area contributed by atoms with Crippen LogP contribution in [-0.4, -0.2) is 35.2 Å². The van der Waals surface area contributed by atoms with Crippen molar-refractivity contribution in [3.8, 4) is 23.1 Å². The second-order valence-electron chi connectivity index (χ2n) is 4.36. The number of hydrogen-bond acceptors (Lipinski definition) is 6. The molecule has 1 aromatic heterocycles. The van der Waals surface area contributed by atoms with Crippen LogP contribution in [0.3, 0.4) is 0 Å². The number of rotatable bonds is 7. The van der Waals surface area contributed by atoms with E-state index in [0.717, 1.165) is 24.3 Å². The lowest BCUT2D eigenvalue weighted by atomic mass is 10.2. The highest BCUT2D eigenvalue weighted by Gasteiger charge is 2.09. The van der Waals surface area contributed by atoms with Gasteiger partial charge in [-0.05, 0) is 25.5 Å². The summed E-state index contributed by atoms with van der Waals surface area (Å²) in [6.45, 7) is 5.29. The first-order valence-electron chi connectivity index (χ1n) is 7.04. The summed E-state index contributed by atoms with van der Waals surface area (Å²) in [5.74, 6) is 1.84. The highest BCUT2D eigenvalue weighted by atomic mass is 16.5. The summed E-state index contributed by atoms with van der Waals surface area (Å²) < 4.78 is 10.6. The molecule has 2 aromatic rings. The Balaban J connectivity index is 2.37. The molecule has 0 radical (unpaired) electrons. The largest absolute Gasteiger partial charge is 0.497 e. The SMILES string of the molecule is CCCNc1nc(OCC)nc(-c2cccc(OC)c2)n1. The summed E-state index contributed by atoms with van der Waals surface area (Å²) >= 11 is 0. The zero-order chi connectivity index (χ0) is 15.1. The molecule has 112 valence electrons. The standard InChI is InChI=1S/C15H20N4O2/c1-4-9-16-14-17-13(18-15(19-14)21-5-2)11-7-6-8-12(10-11)20-3/h6-8,10H,4-5,9H2,1-3H3,(H,16,17,18,19). The van der Waals surface area contributed by atoms with Gasteiger partial charge in [0, 0.05) is 12.1 Å². The molecular weight excluding hydrogens is 268 g/mol. The van der Waals surface area contributed by atoms with Crippen molar-refractivity contribution in [1.82, 2.24) is 15.0 Å². The zero-order valence-electron chi connectivity index (χ0n) is 12.6. The summed E-state index contributed by atoms with van der Waals surface area (Å²) in [5.41, 5.74) is 0.859. The number of aromatic nitrogens is 3. The summed E-state index contributed by atoms with van der Waals surface area (Å²) in [7, 11) is 1.63. The predicted molar refractivity (Wildman–Crippen MR) is 81.8 cm³/mol. The van der Waals surface area contributed by atoms with Crippen LogP contribution in [0.5, 0.6) is 11.8 Å². The number of nitrogens with one attached hydrogen (secondary N) is 1. The lowest BCUT2D eigenvalue weighted by molar-refractivity contribution is 0.312. The van der Waals surface area contributed by atoms with Gasteiger partial charge in [0.05, 0.1) is 13.7 Å². The van der Waals surface area contributed by atoms with Gasteiger partial charge in [-0.25, -0.2) is 0 Å². The predicted octanol–water partition coefficient (Wildman–Crippen LogP) is 2.77. The molecule has 0 saturated heterocycles. The fourth-order valence-electron chi connectivity index (χ4n) is 1.76. The Morgan fingerprint density at radius 2 is 2.00 bits per heavy atom. The molecule has 0 aliphatic rings. The second kappa shape index (κ2) is 7.42. The molecule has 0 saturated carbocycles. The van der Waals surface area contributed by atoms with E-state index in [1.165, 1.54) is 0 Å². The van der Waals surface area contributed by atoms with E-state index in [-0.39, 0.29) is 0 Å². The molecule has 0 spiro atoms. The molecule has 1 N–H and O–H groups in total. The van der Waals surface area contributed by atoms with Crippen LogP contribution in [0.4, 0.5) is 5.95 Å². The quantitative estimate of drug-likeness (QED) is 0.845. The minimum absolute atomic E-state index is 0.323. The van der Waals surface area contributed by atoms with E-state index in [4.69, 9.17) is 9.47 Å². The Labute approximate surface area is 124 Å². The monoisotopic (exact) mass is 288 g/mol. The minimum Gasteiger partial charge on any atom is -0.497 e. The molecule has 0 fully saturated rings. The first-order chi connectivity index (χ1) is 10.3. The third-order valence-electron chi connectivity index (χ3n) is 2.75. The van der Waals surface area contributed by atoms with Gasteiger partial charge < -0.3 is 14.8 Å². The zero-order valence-corrected chi connectivity index (χ0v) is 12.6. The smallest absolute Gasteiger partial charge is 0.321 e. The molecule has 6 heteroatoms. The van der Waals surface area contributed by atoms with Crippen LogP contribution >= 0.6 is 0 Å². The van der Waals surface area contributed by atoms with Crippen LogP contribution in [0.1, 0.15) is 20.3 Å². The molecule has 0 bridgehead atoms. The van der Waals surface area contributed by atoms with Gasteiger partial charge in [0.1, 0.15) is 5.75 Å². The third-order valence-corrected chi connectivity index (χ3v) is 2.75. The molecular formula is C15H20N4O2. The maximum absolute atomic E-state index is 5.41. The molecule has 1 aromatic carbocycles. The van der Waals surface area contributed by atoms with Gasteiger partial charge in [0.15, 0.2) is 5.82 Å². The van der Waals surface area contributed by atoms with Crippen molar-refractivity contribution in [2.24, 2.45) is 0 Å². The number of methoxy groups -OCH3 is 1. The molecule has 0 unspecified atom stereocenters. The van der Waals surface area contributed by atoms with Crippen LogP contribution in [0.2, 0.25) is 0 Å². The third kappa shape index (κ3) is 4.05. The van der Waals surface area contributed by atoms with E-state index in [1.807, 2.05) is 31.2 Å². The van der Waals surface area contributed by atoms with Gasteiger partial charge in [-0.15, -0.1) is 0 Å². The average Bonchev–Trinajstić information content (AvgIpc) is 2.53. The maximum atomic E-state index is 5.41. The van der Waals surface area contributed by atoms with E-state index in [0.29, 0.717) is 24.4 Å². The molecule has 2 rings (SSSR count). The summed E-state index contributed by atoms with van der Waals surface area (Å²) in [6.07, 6.45) is 0.990. The second-order valence-corrected chi connectivity index (χ2v) is 4.36. The Morgan fingerprint density at radius 3 is 2.71 bits per heavy atom. The Bertz CT molecular complexity index is 590. The number of ether oxygens (including phenoxy) is 2. The molecule has 6 nitrogen and oxygen atoms in total. The summed E-state index contributed by atoms with van der Waals surface area (Å²) in [4.78, 5) is 13.0. The van der Waals surface area contributed by atoms with Crippen molar-refractivity contribution in [3.05, 3.63) is 24.3 Å². The average molecular weight is 288 g/mol. The van der Waals surface area contributed by atoms with E-state index in [1.54, 1.807) is 7.11 Å². The molecule has 1 heterocycles. The van der Waals surface area contributed by atoms with Crippen LogP contribution < -0.4 is 14.8 Å². The molecule has 0 aliphatic heterocycles. The van der Waals surface area contributed by atoms with Crippen LogP contribution in [0.25, 0.3) is 11.4 Å². The molecule has 0 atom stereocenters. The number of nitrogens with zero attached hydrogens (tertiary/aromatic N) is 3. The van der Waals surface area contributed by atoms with Gasteiger partial charge in [-0.3, -0.25) is 0 Å². The van der Waals surface area contributed by atoms with Crippen LogP contribution in [0, 0.1) is 0 Å². The van der Waals surface area contributed by atoms with Gasteiger partial charge in [-0.2, -0.15) is 15.0 Å². The van der Waals surface area contributed by atoms with Gasteiger partial charge >= 0.3 is 6.01 Å². The van der Waals surface area contributed by atoms with Gasteiger partial charge in [0.25, 0.3) is 0 Å². The normalized spacial score (nSPS) is 10.2. The van der Waals surface area contributed by atoms with Crippen molar-refractivity contribution in [1.29, 1.82) is 0 Å². The lowest BCUT2D eigenvalue weighted by Crippen LogP contribution is -2.08.